The summed E-state index contributed by atoms with van der Waals surface area (Å²) in [4.78, 5) is 0.0801. The highest BCUT2D eigenvalue weighted by Gasteiger charge is 2.27. The Morgan fingerprint density at radius 1 is 1.32 bits per heavy atom. The van der Waals surface area contributed by atoms with Gasteiger partial charge in [-0.3, -0.25) is 0 Å². The third kappa shape index (κ3) is 3.73. The fourth-order valence-corrected chi connectivity index (χ4v) is 3.69. The van der Waals surface area contributed by atoms with Gasteiger partial charge in [-0.25, -0.2) is 12.8 Å². The third-order valence-corrected chi connectivity index (χ3v) is 5.22. The Kier molecular flexibility index (Phi) is 5.33. The van der Waals surface area contributed by atoms with E-state index in [-0.39, 0.29) is 24.6 Å². The first kappa shape index (κ1) is 16.7. The van der Waals surface area contributed by atoms with Crippen LogP contribution in [0.4, 0.5) is 4.39 Å². The highest BCUT2D eigenvalue weighted by Crippen LogP contribution is 2.22. The monoisotopic (exact) mass is 327 g/mol. The van der Waals surface area contributed by atoms with E-state index in [1.54, 1.807) is 19.1 Å². The van der Waals surface area contributed by atoms with Crippen molar-refractivity contribution in [3.05, 3.63) is 53.7 Å². The van der Waals surface area contributed by atoms with Gasteiger partial charge in [0.15, 0.2) is 0 Å². The lowest BCUT2D eigenvalue weighted by Crippen LogP contribution is -2.33. The molecule has 0 fully saturated rings. The van der Waals surface area contributed by atoms with Crippen molar-refractivity contribution in [2.45, 2.75) is 18.4 Å². The molecule has 0 bridgehead atoms. The standard InChI is InChI=1S/C15H18FNO4S/c1-12-10-13(16)5-6-15(12)22(18,19)17(7-9-20-2)11-14-4-3-8-21-14/h3-6,8,10H,7,9,11H2,1-2H3. The van der Waals surface area contributed by atoms with E-state index in [0.29, 0.717) is 11.3 Å². The van der Waals surface area contributed by atoms with E-state index in [2.05, 4.69) is 0 Å². The van der Waals surface area contributed by atoms with E-state index in [9.17, 15) is 12.8 Å². The number of furan rings is 1. The fourth-order valence-electron chi connectivity index (χ4n) is 2.10. The topological polar surface area (TPSA) is 59.8 Å². The quantitative estimate of drug-likeness (QED) is 0.784. The summed E-state index contributed by atoms with van der Waals surface area (Å²) in [6.07, 6.45) is 1.49. The van der Waals surface area contributed by atoms with E-state index in [0.717, 1.165) is 6.07 Å². The largest absolute Gasteiger partial charge is 0.468 e. The maximum Gasteiger partial charge on any atom is 0.243 e. The Morgan fingerprint density at radius 2 is 2.09 bits per heavy atom. The number of sulfonamides is 1. The molecule has 0 unspecified atom stereocenters. The van der Waals surface area contributed by atoms with Crippen molar-refractivity contribution < 1.29 is 22.0 Å². The molecule has 2 aromatic rings. The molecule has 22 heavy (non-hydrogen) atoms. The Labute approximate surface area is 129 Å². The summed E-state index contributed by atoms with van der Waals surface area (Å²) in [5.41, 5.74) is 0.363. The average Bonchev–Trinajstić information content (AvgIpc) is 2.95. The van der Waals surface area contributed by atoms with Crippen molar-refractivity contribution in [2.24, 2.45) is 0 Å². The maximum absolute atomic E-state index is 13.2. The number of rotatable bonds is 7. The molecule has 1 aromatic carbocycles. The van der Waals surface area contributed by atoms with Crippen LogP contribution >= 0.6 is 0 Å². The smallest absolute Gasteiger partial charge is 0.243 e. The molecular formula is C15H18FNO4S. The van der Waals surface area contributed by atoms with Crippen molar-refractivity contribution in [3.8, 4) is 0 Å². The Hall–Kier alpha value is -1.70. The van der Waals surface area contributed by atoms with Crippen LogP contribution in [0.2, 0.25) is 0 Å². The van der Waals surface area contributed by atoms with Gasteiger partial charge in [-0.2, -0.15) is 4.31 Å². The van der Waals surface area contributed by atoms with Crippen molar-refractivity contribution in [3.63, 3.8) is 0 Å². The van der Waals surface area contributed by atoms with Crippen LogP contribution in [0.15, 0.2) is 45.9 Å². The minimum absolute atomic E-state index is 0.0801. The summed E-state index contributed by atoms with van der Waals surface area (Å²) >= 11 is 0. The predicted molar refractivity (Wildman–Crippen MR) is 79.3 cm³/mol. The zero-order chi connectivity index (χ0) is 16.2. The minimum atomic E-state index is -3.77. The van der Waals surface area contributed by atoms with Crippen LogP contribution in [0.25, 0.3) is 0 Å². The lowest BCUT2D eigenvalue weighted by atomic mass is 10.2. The molecule has 0 aliphatic rings. The normalized spacial score (nSPS) is 12.0. The number of methoxy groups -OCH3 is 1. The van der Waals surface area contributed by atoms with Gasteiger partial charge in [0, 0.05) is 13.7 Å². The second-order valence-electron chi connectivity index (χ2n) is 4.82. The van der Waals surface area contributed by atoms with Crippen molar-refractivity contribution in [1.29, 1.82) is 0 Å². The van der Waals surface area contributed by atoms with Gasteiger partial charge in [0.2, 0.25) is 10.0 Å². The lowest BCUT2D eigenvalue weighted by Gasteiger charge is -2.22. The van der Waals surface area contributed by atoms with Crippen LogP contribution in [0.5, 0.6) is 0 Å². The molecule has 1 aromatic heterocycles. The van der Waals surface area contributed by atoms with Crippen LogP contribution in [-0.2, 0) is 21.3 Å². The van der Waals surface area contributed by atoms with Crippen LogP contribution in [-0.4, -0.2) is 33.0 Å². The lowest BCUT2D eigenvalue weighted by molar-refractivity contribution is 0.175. The van der Waals surface area contributed by atoms with Gasteiger partial charge in [0.05, 0.1) is 24.3 Å². The first-order valence-corrected chi connectivity index (χ1v) is 8.17. The molecule has 0 aliphatic heterocycles. The first-order chi connectivity index (χ1) is 10.4. The number of hydrogen-bond acceptors (Lipinski definition) is 4. The van der Waals surface area contributed by atoms with Crippen LogP contribution in [0, 0.1) is 12.7 Å². The van der Waals surface area contributed by atoms with Gasteiger partial charge in [-0.05, 0) is 42.8 Å². The Balaban J connectivity index is 2.35. The number of benzene rings is 1. The van der Waals surface area contributed by atoms with E-state index in [4.69, 9.17) is 9.15 Å². The van der Waals surface area contributed by atoms with Gasteiger partial charge < -0.3 is 9.15 Å². The van der Waals surface area contributed by atoms with E-state index in [1.165, 1.54) is 29.8 Å². The fraction of sp³-hybridized carbons (Fsp3) is 0.333. The molecule has 7 heteroatoms. The Morgan fingerprint density at radius 3 is 2.68 bits per heavy atom. The van der Waals surface area contributed by atoms with Crippen LogP contribution in [0.1, 0.15) is 11.3 Å². The molecule has 0 aliphatic carbocycles. The summed E-state index contributed by atoms with van der Waals surface area (Å²) in [5, 5.41) is 0. The number of halogens is 1. The average molecular weight is 327 g/mol. The summed E-state index contributed by atoms with van der Waals surface area (Å²) in [6, 6.07) is 7.02. The maximum atomic E-state index is 13.2. The summed E-state index contributed by atoms with van der Waals surface area (Å²) in [5.74, 6) is 0.0605. The molecule has 1 heterocycles. The molecule has 2 rings (SSSR count). The number of hydrogen-bond donors (Lipinski definition) is 0. The van der Waals surface area contributed by atoms with Gasteiger partial charge in [-0.15, -0.1) is 0 Å². The zero-order valence-corrected chi connectivity index (χ0v) is 13.3. The minimum Gasteiger partial charge on any atom is -0.468 e. The predicted octanol–water partition coefficient (Wildman–Crippen LogP) is 2.56. The first-order valence-electron chi connectivity index (χ1n) is 6.73. The van der Waals surface area contributed by atoms with Gasteiger partial charge in [0.25, 0.3) is 0 Å². The van der Waals surface area contributed by atoms with Gasteiger partial charge >= 0.3 is 0 Å². The zero-order valence-electron chi connectivity index (χ0n) is 12.5. The van der Waals surface area contributed by atoms with E-state index < -0.39 is 15.8 Å². The number of aryl methyl sites for hydroxylation is 1. The Bertz CT molecular complexity index is 713. The number of ether oxygens (including phenoxy) is 1. The van der Waals surface area contributed by atoms with Crippen molar-refractivity contribution >= 4 is 10.0 Å². The van der Waals surface area contributed by atoms with Crippen molar-refractivity contribution in [2.75, 3.05) is 20.3 Å². The molecular weight excluding hydrogens is 309 g/mol. The van der Waals surface area contributed by atoms with Gasteiger partial charge in [0.1, 0.15) is 11.6 Å². The van der Waals surface area contributed by atoms with Crippen LogP contribution in [0.3, 0.4) is 0 Å². The SMILES string of the molecule is COCCN(Cc1ccco1)S(=O)(=O)c1ccc(F)cc1C. The molecule has 0 N–H and O–H groups in total. The molecule has 0 amide bonds. The highest BCUT2D eigenvalue weighted by atomic mass is 32.2. The number of nitrogens with zero attached hydrogens (tertiary/aromatic N) is 1. The molecule has 5 nitrogen and oxygen atoms in total. The summed E-state index contributed by atoms with van der Waals surface area (Å²) < 4.78 is 50.3. The molecule has 120 valence electrons. The van der Waals surface area contributed by atoms with Crippen LogP contribution < -0.4 is 0 Å². The van der Waals surface area contributed by atoms with E-state index in [1.807, 2.05) is 0 Å². The molecule has 0 atom stereocenters. The molecule has 0 saturated carbocycles. The summed E-state index contributed by atoms with van der Waals surface area (Å²) in [7, 11) is -2.27. The second-order valence-corrected chi connectivity index (χ2v) is 6.73. The molecule has 0 spiro atoms. The second kappa shape index (κ2) is 7.04. The van der Waals surface area contributed by atoms with Crippen molar-refractivity contribution in [1.82, 2.24) is 4.31 Å². The summed E-state index contributed by atoms with van der Waals surface area (Å²) in [6.45, 7) is 2.09. The molecule has 0 radical (unpaired) electrons. The van der Waals surface area contributed by atoms with E-state index >= 15 is 0 Å². The molecule has 0 saturated heterocycles. The third-order valence-electron chi connectivity index (χ3n) is 3.21. The van der Waals surface area contributed by atoms with Gasteiger partial charge in [-0.1, -0.05) is 0 Å². The highest BCUT2D eigenvalue weighted by molar-refractivity contribution is 7.89.